The molecule has 1 aromatic heterocycles. The highest BCUT2D eigenvalue weighted by Gasteiger charge is 2.11. The highest BCUT2D eigenvalue weighted by molar-refractivity contribution is 5.77. The predicted molar refractivity (Wildman–Crippen MR) is 74.5 cm³/mol. The molecular formula is C14H17N3O. The molecule has 0 aliphatic carbocycles. The van der Waals surface area contributed by atoms with Crippen molar-refractivity contribution in [1.29, 1.82) is 0 Å². The molecule has 4 N–H and O–H groups in total. The van der Waals surface area contributed by atoms with Gasteiger partial charge in [0, 0.05) is 11.8 Å². The molecule has 0 fully saturated rings. The molecule has 0 radical (unpaired) electrons. The van der Waals surface area contributed by atoms with Crippen LogP contribution < -0.4 is 16.2 Å². The summed E-state index contributed by atoms with van der Waals surface area (Å²) in [5, 5.41) is 0. The lowest BCUT2D eigenvalue weighted by molar-refractivity contribution is 0.412. The van der Waals surface area contributed by atoms with Gasteiger partial charge in [-0.3, -0.25) is 0 Å². The molecule has 94 valence electrons. The van der Waals surface area contributed by atoms with E-state index in [1.807, 2.05) is 32.0 Å². The first-order valence-corrected chi connectivity index (χ1v) is 5.70. The number of benzene rings is 1. The normalized spacial score (nSPS) is 10.4. The smallest absolute Gasteiger partial charge is 0.146 e. The van der Waals surface area contributed by atoms with E-state index in [2.05, 4.69) is 4.98 Å². The zero-order chi connectivity index (χ0) is 13.3. The zero-order valence-electron chi connectivity index (χ0n) is 10.8. The number of nitrogens with two attached hydrogens (primary N) is 2. The Labute approximate surface area is 107 Å². The standard InChI is InChI=1S/C14H17N3O/c1-8-4-5-12(18-3)9(2)13(8)10-6-11(15)14(16)17-7-10/h4-7H,15H2,1-3H3,(H2,16,17). The summed E-state index contributed by atoms with van der Waals surface area (Å²) < 4.78 is 5.34. The van der Waals surface area contributed by atoms with Crippen molar-refractivity contribution in [1.82, 2.24) is 4.98 Å². The van der Waals surface area contributed by atoms with Crippen LogP contribution in [-0.4, -0.2) is 12.1 Å². The second-order valence-corrected chi connectivity index (χ2v) is 4.28. The second kappa shape index (κ2) is 4.56. The van der Waals surface area contributed by atoms with Gasteiger partial charge in [-0.15, -0.1) is 0 Å². The third-order valence-electron chi connectivity index (χ3n) is 3.08. The number of ether oxygens (including phenoxy) is 1. The maximum atomic E-state index is 5.81. The first-order valence-electron chi connectivity index (χ1n) is 5.70. The Balaban J connectivity index is 2.66. The molecule has 0 bridgehead atoms. The number of aryl methyl sites for hydroxylation is 1. The quantitative estimate of drug-likeness (QED) is 0.850. The number of aromatic nitrogens is 1. The van der Waals surface area contributed by atoms with Gasteiger partial charge in [-0.2, -0.15) is 0 Å². The summed E-state index contributed by atoms with van der Waals surface area (Å²) in [6, 6.07) is 5.83. The predicted octanol–water partition coefficient (Wildman–Crippen LogP) is 2.54. The summed E-state index contributed by atoms with van der Waals surface area (Å²) >= 11 is 0. The lowest BCUT2D eigenvalue weighted by atomic mass is 9.96. The van der Waals surface area contributed by atoms with Crippen molar-refractivity contribution in [2.75, 3.05) is 18.6 Å². The Bertz CT molecular complexity index is 594. The summed E-state index contributed by atoms with van der Waals surface area (Å²) in [5.74, 6) is 1.21. The Morgan fingerprint density at radius 3 is 2.50 bits per heavy atom. The van der Waals surface area contributed by atoms with Gasteiger partial charge in [-0.25, -0.2) is 4.98 Å². The molecule has 18 heavy (non-hydrogen) atoms. The van der Waals surface area contributed by atoms with Gasteiger partial charge in [0.05, 0.1) is 12.8 Å². The van der Waals surface area contributed by atoms with E-state index in [9.17, 15) is 0 Å². The van der Waals surface area contributed by atoms with E-state index < -0.39 is 0 Å². The average molecular weight is 243 g/mol. The summed E-state index contributed by atoms with van der Waals surface area (Å²) in [6.45, 7) is 4.07. The lowest BCUT2D eigenvalue weighted by Crippen LogP contribution is -1.99. The fourth-order valence-electron chi connectivity index (χ4n) is 2.12. The van der Waals surface area contributed by atoms with E-state index >= 15 is 0 Å². The Morgan fingerprint density at radius 2 is 1.89 bits per heavy atom. The minimum absolute atomic E-state index is 0.358. The summed E-state index contributed by atoms with van der Waals surface area (Å²) in [7, 11) is 1.66. The van der Waals surface area contributed by atoms with Crippen LogP contribution in [0.15, 0.2) is 24.4 Å². The van der Waals surface area contributed by atoms with Crippen LogP contribution >= 0.6 is 0 Å². The molecule has 0 atom stereocenters. The molecule has 4 nitrogen and oxygen atoms in total. The van der Waals surface area contributed by atoms with Crippen molar-refractivity contribution in [3.63, 3.8) is 0 Å². The van der Waals surface area contributed by atoms with Crippen LogP contribution in [0, 0.1) is 13.8 Å². The van der Waals surface area contributed by atoms with Crippen LogP contribution in [0.5, 0.6) is 5.75 Å². The highest BCUT2D eigenvalue weighted by atomic mass is 16.5. The van der Waals surface area contributed by atoms with Crippen LogP contribution in [-0.2, 0) is 0 Å². The number of nitrogen functional groups attached to an aromatic ring is 2. The molecule has 0 saturated carbocycles. The van der Waals surface area contributed by atoms with Crippen molar-refractivity contribution < 1.29 is 4.74 Å². The van der Waals surface area contributed by atoms with E-state index in [4.69, 9.17) is 16.2 Å². The number of hydrogen-bond donors (Lipinski definition) is 2. The van der Waals surface area contributed by atoms with Gasteiger partial charge in [-0.1, -0.05) is 6.07 Å². The molecule has 0 aliphatic rings. The van der Waals surface area contributed by atoms with Gasteiger partial charge in [0.2, 0.25) is 0 Å². The van der Waals surface area contributed by atoms with E-state index in [-0.39, 0.29) is 0 Å². The van der Waals surface area contributed by atoms with Gasteiger partial charge in [0.25, 0.3) is 0 Å². The highest BCUT2D eigenvalue weighted by Crippen LogP contribution is 2.34. The Morgan fingerprint density at radius 1 is 1.17 bits per heavy atom. The summed E-state index contributed by atoms with van der Waals surface area (Å²) in [5.41, 5.74) is 16.2. The van der Waals surface area contributed by atoms with Gasteiger partial charge in [0.15, 0.2) is 0 Å². The molecule has 0 saturated heterocycles. The molecule has 0 spiro atoms. The van der Waals surface area contributed by atoms with Crippen LogP contribution in [0.1, 0.15) is 11.1 Å². The van der Waals surface area contributed by atoms with Crippen LogP contribution in [0.2, 0.25) is 0 Å². The second-order valence-electron chi connectivity index (χ2n) is 4.28. The number of rotatable bonds is 2. The minimum atomic E-state index is 0.358. The SMILES string of the molecule is COc1ccc(C)c(-c2cnc(N)c(N)c2)c1C. The third-order valence-corrected chi connectivity index (χ3v) is 3.08. The Kier molecular flexibility index (Phi) is 3.10. The van der Waals surface area contributed by atoms with Gasteiger partial charge in [-0.05, 0) is 42.7 Å². The molecule has 2 rings (SSSR count). The largest absolute Gasteiger partial charge is 0.496 e. The van der Waals surface area contributed by atoms with Gasteiger partial charge < -0.3 is 16.2 Å². The molecule has 1 aromatic carbocycles. The first-order chi connectivity index (χ1) is 8.54. The van der Waals surface area contributed by atoms with Crippen molar-refractivity contribution in [2.24, 2.45) is 0 Å². The van der Waals surface area contributed by atoms with Crippen molar-refractivity contribution in [3.05, 3.63) is 35.5 Å². The fraction of sp³-hybridized carbons (Fsp3) is 0.214. The Hall–Kier alpha value is -2.23. The fourth-order valence-corrected chi connectivity index (χ4v) is 2.12. The molecule has 0 aliphatic heterocycles. The number of nitrogens with zero attached hydrogens (tertiary/aromatic N) is 1. The molecule has 0 amide bonds. The topological polar surface area (TPSA) is 74.2 Å². The molecule has 4 heteroatoms. The maximum absolute atomic E-state index is 5.81. The summed E-state index contributed by atoms with van der Waals surface area (Å²) in [6.07, 6.45) is 1.74. The van der Waals surface area contributed by atoms with Gasteiger partial charge >= 0.3 is 0 Å². The number of hydrogen-bond acceptors (Lipinski definition) is 4. The van der Waals surface area contributed by atoms with E-state index in [1.165, 1.54) is 0 Å². The summed E-state index contributed by atoms with van der Waals surface area (Å²) in [4.78, 5) is 4.10. The zero-order valence-corrected chi connectivity index (χ0v) is 10.8. The van der Waals surface area contributed by atoms with E-state index in [0.29, 0.717) is 11.5 Å². The van der Waals surface area contributed by atoms with E-state index in [1.54, 1.807) is 13.3 Å². The lowest BCUT2D eigenvalue weighted by Gasteiger charge is -2.14. The van der Waals surface area contributed by atoms with Crippen LogP contribution in [0.4, 0.5) is 11.5 Å². The molecular weight excluding hydrogens is 226 g/mol. The number of pyridine rings is 1. The average Bonchev–Trinajstić information content (AvgIpc) is 2.34. The minimum Gasteiger partial charge on any atom is -0.496 e. The first kappa shape index (κ1) is 12.2. The van der Waals surface area contributed by atoms with Crippen molar-refractivity contribution >= 4 is 11.5 Å². The van der Waals surface area contributed by atoms with E-state index in [0.717, 1.165) is 28.0 Å². The van der Waals surface area contributed by atoms with Crippen LogP contribution in [0.3, 0.4) is 0 Å². The maximum Gasteiger partial charge on any atom is 0.146 e. The monoisotopic (exact) mass is 243 g/mol. The number of anilines is 2. The number of methoxy groups -OCH3 is 1. The van der Waals surface area contributed by atoms with Gasteiger partial charge in [0.1, 0.15) is 11.6 Å². The van der Waals surface area contributed by atoms with Crippen LogP contribution in [0.25, 0.3) is 11.1 Å². The molecule has 0 unspecified atom stereocenters. The van der Waals surface area contributed by atoms with Crippen molar-refractivity contribution in [3.8, 4) is 16.9 Å². The molecule has 2 aromatic rings. The third kappa shape index (κ3) is 1.97. The van der Waals surface area contributed by atoms with Crippen molar-refractivity contribution in [2.45, 2.75) is 13.8 Å². The molecule has 1 heterocycles.